The van der Waals surface area contributed by atoms with E-state index in [2.05, 4.69) is 47.6 Å². The van der Waals surface area contributed by atoms with E-state index in [-0.39, 0.29) is 12.8 Å². The van der Waals surface area contributed by atoms with Crippen molar-refractivity contribution < 1.29 is 31.0 Å². The Kier molecular flexibility index (Phi) is 25.6. The summed E-state index contributed by atoms with van der Waals surface area (Å²) in [5.74, 6) is -1.96. The third-order valence-corrected chi connectivity index (χ3v) is 7.34. The maximum atomic E-state index is 12.2. The van der Waals surface area contributed by atoms with Crippen LogP contribution >= 0.6 is 0 Å². The van der Waals surface area contributed by atoms with Gasteiger partial charge in [0, 0.05) is 12.8 Å². The molecule has 0 spiro atoms. The molecule has 42 heavy (non-hydrogen) atoms. The summed E-state index contributed by atoms with van der Waals surface area (Å²) in [6.45, 7) is -2.43. The minimum Gasteiger partial charge on any atom is -0.463 e. The van der Waals surface area contributed by atoms with Crippen molar-refractivity contribution >= 4 is 11.9 Å². The van der Waals surface area contributed by atoms with Gasteiger partial charge in [-0.2, -0.15) is 0 Å². The van der Waals surface area contributed by atoms with Crippen LogP contribution in [0.25, 0.3) is 0 Å². The topological polar surface area (TPSA) is 72.8 Å². The minimum atomic E-state index is -3.65. The van der Waals surface area contributed by atoms with Crippen LogP contribution in [0.1, 0.15) is 188 Å². The zero-order valence-electron chi connectivity index (χ0n) is 32.3. The lowest BCUT2D eigenvalue weighted by Crippen LogP contribution is -2.25. The fourth-order valence-electron chi connectivity index (χ4n) is 4.70. The van der Waals surface area contributed by atoms with Crippen molar-refractivity contribution in [3.63, 3.8) is 0 Å². The molecular formula is C37H68O5. The molecule has 0 aliphatic heterocycles. The van der Waals surface area contributed by atoms with E-state index < -0.39 is 31.1 Å². The standard InChI is InChI=1S/C37H68O5/c1-3-5-7-9-11-13-15-17-18-20-22-24-26-28-30-32-37(40)42-34-35(38)33-41-36(39)31-29-27-25-23-21-19-16-14-12-10-8-6-4-2/h11,13,17-18,35,38H,3-10,12,14-16,19-34H2,1-2H3/b13-11-,18-17-/t35-/m1/s1/i33D2,34D2,35D. The van der Waals surface area contributed by atoms with Gasteiger partial charge in [-0.3, -0.25) is 9.59 Å². The van der Waals surface area contributed by atoms with E-state index in [4.69, 9.17) is 6.85 Å². The Hall–Kier alpha value is -1.62. The maximum absolute atomic E-state index is 12.2. The molecule has 5 nitrogen and oxygen atoms in total. The number of hydrogen-bond donors (Lipinski definition) is 1. The van der Waals surface area contributed by atoms with E-state index in [1.807, 2.05) is 0 Å². The van der Waals surface area contributed by atoms with Crippen LogP contribution in [0.5, 0.6) is 0 Å². The Morgan fingerprint density at radius 2 is 0.905 bits per heavy atom. The highest BCUT2D eigenvalue weighted by molar-refractivity contribution is 5.69. The van der Waals surface area contributed by atoms with Gasteiger partial charge in [-0.1, -0.05) is 147 Å². The number of carbonyl (C=O) groups excluding carboxylic acids is 2. The number of esters is 2. The number of rotatable bonds is 32. The van der Waals surface area contributed by atoms with Crippen molar-refractivity contribution in [3.05, 3.63) is 24.3 Å². The van der Waals surface area contributed by atoms with Crippen molar-refractivity contribution in [3.8, 4) is 0 Å². The lowest BCUT2D eigenvalue weighted by Gasteiger charge is -2.12. The second-order valence-electron chi connectivity index (χ2n) is 11.5. The number of hydrogen-bond acceptors (Lipinski definition) is 5. The summed E-state index contributed by atoms with van der Waals surface area (Å²) in [6, 6.07) is 0. The Morgan fingerprint density at radius 1 is 0.571 bits per heavy atom. The van der Waals surface area contributed by atoms with Crippen LogP contribution in [0, 0.1) is 0 Å². The van der Waals surface area contributed by atoms with E-state index in [1.54, 1.807) is 0 Å². The lowest BCUT2D eigenvalue weighted by molar-refractivity contribution is -0.152. The molecule has 0 aliphatic carbocycles. The highest BCUT2D eigenvalue weighted by atomic mass is 16.6. The summed E-state index contributed by atoms with van der Waals surface area (Å²) in [5, 5.41) is 10.4. The Morgan fingerprint density at radius 3 is 1.33 bits per heavy atom. The van der Waals surface area contributed by atoms with E-state index >= 15 is 0 Å². The molecule has 0 saturated heterocycles. The first kappa shape index (κ1) is 31.8. The fourth-order valence-corrected chi connectivity index (χ4v) is 4.70. The maximum Gasteiger partial charge on any atom is 0.305 e. The highest BCUT2D eigenvalue weighted by Gasteiger charge is 2.12. The Bertz CT molecular complexity index is 845. The molecule has 246 valence electrons. The number of aliphatic hydroxyl groups is 1. The number of ether oxygens (including phenoxy) is 2. The molecule has 1 atom stereocenters. The number of allylic oxidation sites excluding steroid dienone is 4. The van der Waals surface area contributed by atoms with Crippen LogP contribution in [-0.2, 0) is 19.1 Å². The van der Waals surface area contributed by atoms with Crippen molar-refractivity contribution in [2.24, 2.45) is 0 Å². The average Bonchev–Trinajstić information content (AvgIpc) is 3.00. The highest BCUT2D eigenvalue weighted by Crippen LogP contribution is 2.13. The fraction of sp³-hybridized carbons (Fsp3) is 0.838. The van der Waals surface area contributed by atoms with Gasteiger partial charge in [0.1, 0.15) is 19.2 Å². The average molecular weight is 598 g/mol. The largest absolute Gasteiger partial charge is 0.463 e. The van der Waals surface area contributed by atoms with Crippen LogP contribution in [0.4, 0.5) is 0 Å². The van der Waals surface area contributed by atoms with E-state index in [9.17, 15) is 14.7 Å². The van der Waals surface area contributed by atoms with Gasteiger partial charge in [-0.15, -0.1) is 0 Å². The van der Waals surface area contributed by atoms with Crippen LogP contribution < -0.4 is 0 Å². The van der Waals surface area contributed by atoms with Gasteiger partial charge in [-0.05, 0) is 44.9 Å². The van der Waals surface area contributed by atoms with Crippen molar-refractivity contribution in [2.75, 3.05) is 13.1 Å². The molecule has 0 radical (unpaired) electrons. The van der Waals surface area contributed by atoms with Gasteiger partial charge in [0.25, 0.3) is 0 Å². The van der Waals surface area contributed by atoms with Crippen LogP contribution in [0.2, 0.25) is 0 Å². The van der Waals surface area contributed by atoms with Crippen LogP contribution in [0.15, 0.2) is 24.3 Å². The SMILES string of the molecule is [2H]C([2H])(OC(=O)CCCCCCC/C=C\C/C=C\CCCCC)[C@]([2H])(O)C([2H])([2H])OC(=O)CCCCCCCCCCCCCCC. The third kappa shape index (κ3) is 32.9. The Balaban J connectivity index is 4.13. The molecule has 0 rings (SSSR count). The molecule has 0 amide bonds. The van der Waals surface area contributed by atoms with Gasteiger partial charge in [0.05, 0.1) is 6.85 Å². The summed E-state index contributed by atoms with van der Waals surface area (Å²) in [7, 11) is 0. The molecule has 1 N–H and O–H groups in total. The minimum absolute atomic E-state index is 0.108. The van der Waals surface area contributed by atoms with Crippen LogP contribution in [-0.4, -0.2) is 36.2 Å². The van der Waals surface area contributed by atoms with Gasteiger partial charge in [0.15, 0.2) is 0 Å². The molecule has 0 saturated carbocycles. The summed E-state index contributed by atoms with van der Waals surface area (Å²) in [6.07, 6.45) is 30.7. The summed E-state index contributed by atoms with van der Waals surface area (Å²) in [4.78, 5) is 24.5. The second kappa shape index (κ2) is 33.9. The molecule has 0 aromatic heterocycles. The number of carbonyl (C=O) groups is 2. The lowest BCUT2D eigenvalue weighted by atomic mass is 10.0. The quantitative estimate of drug-likeness (QED) is 0.0474. The predicted molar refractivity (Wildman–Crippen MR) is 178 cm³/mol. The van der Waals surface area contributed by atoms with E-state index in [0.717, 1.165) is 70.6 Å². The molecule has 0 aromatic carbocycles. The summed E-state index contributed by atoms with van der Waals surface area (Å²) in [5.41, 5.74) is 0. The molecule has 0 bridgehead atoms. The molecule has 0 aromatic rings. The first-order valence-electron chi connectivity index (χ1n) is 19.9. The number of unbranched alkanes of at least 4 members (excludes halogenated alkanes) is 20. The molecular weight excluding hydrogens is 524 g/mol. The zero-order valence-corrected chi connectivity index (χ0v) is 27.3. The Labute approximate surface area is 267 Å². The van der Waals surface area contributed by atoms with Gasteiger partial charge in [0.2, 0.25) is 0 Å². The smallest absolute Gasteiger partial charge is 0.305 e. The summed E-state index contributed by atoms with van der Waals surface area (Å²) < 4.78 is 48.9. The monoisotopic (exact) mass is 598 g/mol. The second-order valence-corrected chi connectivity index (χ2v) is 11.5. The molecule has 0 heterocycles. The molecule has 0 aliphatic rings. The van der Waals surface area contributed by atoms with Crippen molar-refractivity contribution in [1.29, 1.82) is 0 Å². The summed E-state index contributed by atoms with van der Waals surface area (Å²) >= 11 is 0. The van der Waals surface area contributed by atoms with E-state index in [0.29, 0.717) is 12.8 Å². The third-order valence-electron chi connectivity index (χ3n) is 7.34. The first-order valence-corrected chi connectivity index (χ1v) is 17.4. The van der Waals surface area contributed by atoms with Gasteiger partial charge < -0.3 is 14.6 Å². The van der Waals surface area contributed by atoms with E-state index in [1.165, 1.54) is 70.6 Å². The van der Waals surface area contributed by atoms with Gasteiger partial charge >= 0.3 is 11.9 Å². The normalized spacial score (nSPS) is 15.5. The van der Waals surface area contributed by atoms with Crippen LogP contribution in [0.3, 0.4) is 0 Å². The molecule has 0 fully saturated rings. The molecule has 0 unspecified atom stereocenters. The van der Waals surface area contributed by atoms with Gasteiger partial charge in [-0.25, -0.2) is 0 Å². The van der Waals surface area contributed by atoms with Crippen molar-refractivity contribution in [1.82, 2.24) is 0 Å². The zero-order chi connectivity index (χ0) is 35.3. The van der Waals surface area contributed by atoms with Crippen molar-refractivity contribution in [2.45, 2.75) is 187 Å². The predicted octanol–water partition coefficient (Wildman–Crippen LogP) is 10.7. The molecule has 5 heteroatoms. The first-order chi connectivity index (χ1) is 22.4.